The molecule has 0 rings (SSSR count). The Morgan fingerprint density at radius 3 is 2.64 bits per heavy atom. The number of alkyl carbamates (subject to hydrolysis) is 1. The molecule has 0 saturated carbocycles. The van der Waals surface area contributed by atoms with Gasteiger partial charge >= 0.3 is 6.09 Å². The van der Waals surface area contributed by atoms with Gasteiger partial charge in [0.15, 0.2) is 0 Å². The molecule has 0 heterocycles. The molecule has 0 aromatic carbocycles. The second-order valence-corrected chi connectivity index (χ2v) is 3.06. The van der Waals surface area contributed by atoms with Crippen molar-refractivity contribution in [2.45, 2.75) is 6.92 Å². The zero-order valence-corrected chi connectivity index (χ0v) is 9.21. The van der Waals surface area contributed by atoms with Crippen molar-refractivity contribution in [1.29, 1.82) is 0 Å². The van der Waals surface area contributed by atoms with Gasteiger partial charge in [-0.25, -0.2) is 4.79 Å². The third-order valence-corrected chi connectivity index (χ3v) is 1.47. The molecule has 84 valence electrons. The normalized spacial score (nSPS) is 10.3. The molecule has 0 aliphatic rings. The summed E-state index contributed by atoms with van der Waals surface area (Å²) >= 11 is 0. The molecule has 0 atom stereocenters. The lowest BCUT2D eigenvalue weighted by molar-refractivity contribution is 0.112. The number of nitrogens with zero attached hydrogens (tertiary/aromatic N) is 1. The van der Waals surface area contributed by atoms with Crippen LogP contribution in [-0.2, 0) is 9.47 Å². The van der Waals surface area contributed by atoms with Gasteiger partial charge in [-0.2, -0.15) is 0 Å². The zero-order valence-electron chi connectivity index (χ0n) is 9.21. The Morgan fingerprint density at radius 2 is 2.07 bits per heavy atom. The van der Waals surface area contributed by atoms with Gasteiger partial charge < -0.3 is 19.7 Å². The van der Waals surface area contributed by atoms with Crippen LogP contribution in [0, 0.1) is 0 Å². The van der Waals surface area contributed by atoms with Crippen molar-refractivity contribution in [3.8, 4) is 0 Å². The molecule has 0 spiro atoms. The molecule has 0 aromatic heterocycles. The third-order valence-electron chi connectivity index (χ3n) is 1.47. The highest BCUT2D eigenvalue weighted by atomic mass is 16.5. The maximum atomic E-state index is 10.8. The van der Waals surface area contributed by atoms with E-state index >= 15 is 0 Å². The van der Waals surface area contributed by atoms with Crippen LogP contribution in [0.1, 0.15) is 6.92 Å². The number of hydrogen-bond acceptors (Lipinski definition) is 4. The zero-order chi connectivity index (χ0) is 10.8. The number of amides is 1. The Bertz CT molecular complexity index is 151. The molecule has 5 nitrogen and oxygen atoms in total. The average Bonchev–Trinajstić information content (AvgIpc) is 2.11. The van der Waals surface area contributed by atoms with Crippen LogP contribution >= 0.6 is 0 Å². The largest absolute Gasteiger partial charge is 0.450 e. The summed E-state index contributed by atoms with van der Waals surface area (Å²) in [6.07, 6.45) is -0.385. The molecule has 0 aromatic rings. The van der Waals surface area contributed by atoms with E-state index in [9.17, 15) is 4.79 Å². The van der Waals surface area contributed by atoms with Gasteiger partial charge in [0, 0.05) is 13.1 Å². The average molecular weight is 204 g/mol. The van der Waals surface area contributed by atoms with E-state index in [2.05, 4.69) is 10.1 Å². The maximum absolute atomic E-state index is 10.8. The Kier molecular flexibility index (Phi) is 8.27. The Labute approximate surface area is 85.4 Å². The van der Waals surface area contributed by atoms with E-state index in [4.69, 9.17) is 4.74 Å². The van der Waals surface area contributed by atoms with Crippen LogP contribution in [0.5, 0.6) is 0 Å². The molecule has 0 unspecified atom stereocenters. The lowest BCUT2D eigenvalue weighted by Gasteiger charge is -2.10. The molecule has 1 amide bonds. The lowest BCUT2D eigenvalue weighted by Crippen LogP contribution is -2.28. The summed E-state index contributed by atoms with van der Waals surface area (Å²) in [5.41, 5.74) is 0. The van der Waals surface area contributed by atoms with E-state index in [1.165, 1.54) is 0 Å². The SMILES string of the molecule is CCOC(=O)NCCOCCN(C)C. The quantitative estimate of drug-likeness (QED) is 0.606. The summed E-state index contributed by atoms with van der Waals surface area (Å²) in [6.45, 7) is 4.75. The van der Waals surface area contributed by atoms with Crippen LogP contribution in [0.4, 0.5) is 4.79 Å². The summed E-state index contributed by atoms with van der Waals surface area (Å²) in [5, 5.41) is 2.57. The van der Waals surface area contributed by atoms with Gasteiger partial charge in [-0.3, -0.25) is 0 Å². The van der Waals surface area contributed by atoms with Crippen LogP contribution in [0.15, 0.2) is 0 Å². The van der Waals surface area contributed by atoms with E-state index in [0.29, 0.717) is 26.4 Å². The summed E-state index contributed by atoms with van der Waals surface area (Å²) in [6, 6.07) is 0. The minimum absolute atomic E-state index is 0.385. The van der Waals surface area contributed by atoms with E-state index in [-0.39, 0.29) is 6.09 Å². The molecule has 0 aliphatic carbocycles. The minimum atomic E-state index is -0.385. The first kappa shape index (κ1) is 13.2. The van der Waals surface area contributed by atoms with Crippen molar-refractivity contribution in [3.05, 3.63) is 0 Å². The highest BCUT2D eigenvalue weighted by molar-refractivity contribution is 5.66. The van der Waals surface area contributed by atoms with E-state index in [0.717, 1.165) is 6.54 Å². The number of likely N-dealkylation sites (N-methyl/N-ethyl adjacent to an activating group) is 1. The molecule has 5 heteroatoms. The second kappa shape index (κ2) is 8.77. The predicted molar refractivity (Wildman–Crippen MR) is 54.4 cm³/mol. The molecule has 0 radical (unpaired) electrons. The van der Waals surface area contributed by atoms with Crippen molar-refractivity contribution in [3.63, 3.8) is 0 Å². The van der Waals surface area contributed by atoms with Crippen LogP contribution in [-0.4, -0.2) is 58.0 Å². The van der Waals surface area contributed by atoms with E-state index in [1.807, 2.05) is 19.0 Å². The highest BCUT2D eigenvalue weighted by Gasteiger charge is 1.97. The maximum Gasteiger partial charge on any atom is 0.407 e. The van der Waals surface area contributed by atoms with E-state index < -0.39 is 0 Å². The smallest absolute Gasteiger partial charge is 0.407 e. The molecule has 0 saturated heterocycles. The van der Waals surface area contributed by atoms with Crippen molar-refractivity contribution < 1.29 is 14.3 Å². The number of ether oxygens (including phenoxy) is 2. The second-order valence-electron chi connectivity index (χ2n) is 3.06. The van der Waals surface area contributed by atoms with Gasteiger partial charge in [-0.05, 0) is 21.0 Å². The lowest BCUT2D eigenvalue weighted by atomic mass is 10.6. The van der Waals surface area contributed by atoms with Crippen LogP contribution in [0.2, 0.25) is 0 Å². The van der Waals surface area contributed by atoms with Crippen LogP contribution < -0.4 is 5.32 Å². The summed E-state index contributed by atoms with van der Waals surface area (Å²) in [4.78, 5) is 12.8. The molecule has 14 heavy (non-hydrogen) atoms. The predicted octanol–water partition coefficient (Wildman–Crippen LogP) is 0.311. The monoisotopic (exact) mass is 204 g/mol. The molecular weight excluding hydrogens is 184 g/mol. The first-order chi connectivity index (χ1) is 6.66. The first-order valence-corrected chi connectivity index (χ1v) is 4.80. The van der Waals surface area contributed by atoms with Crippen LogP contribution in [0.3, 0.4) is 0 Å². The van der Waals surface area contributed by atoms with Gasteiger partial charge in [0.2, 0.25) is 0 Å². The van der Waals surface area contributed by atoms with Crippen LogP contribution in [0.25, 0.3) is 0 Å². The Balaban J connectivity index is 3.09. The first-order valence-electron chi connectivity index (χ1n) is 4.80. The fraction of sp³-hybridized carbons (Fsp3) is 0.889. The van der Waals surface area contributed by atoms with Crippen molar-refractivity contribution in [2.75, 3.05) is 47.0 Å². The van der Waals surface area contributed by atoms with Gasteiger partial charge in [0.05, 0.1) is 19.8 Å². The number of hydrogen-bond donors (Lipinski definition) is 1. The summed E-state index contributed by atoms with van der Waals surface area (Å²) in [7, 11) is 3.97. The Hall–Kier alpha value is -0.810. The molecular formula is C9H20N2O3. The number of nitrogens with one attached hydrogen (secondary N) is 1. The van der Waals surface area contributed by atoms with Crippen molar-refractivity contribution in [1.82, 2.24) is 10.2 Å². The third kappa shape index (κ3) is 9.28. The fourth-order valence-corrected chi connectivity index (χ4v) is 0.757. The van der Waals surface area contributed by atoms with Gasteiger partial charge in [-0.15, -0.1) is 0 Å². The number of rotatable bonds is 7. The topological polar surface area (TPSA) is 50.8 Å². The number of carbonyl (C=O) groups excluding carboxylic acids is 1. The minimum Gasteiger partial charge on any atom is -0.450 e. The summed E-state index contributed by atoms with van der Waals surface area (Å²) in [5.74, 6) is 0. The molecule has 0 fully saturated rings. The summed E-state index contributed by atoms with van der Waals surface area (Å²) < 4.78 is 9.93. The molecule has 0 aliphatic heterocycles. The molecule has 0 bridgehead atoms. The highest BCUT2D eigenvalue weighted by Crippen LogP contribution is 1.79. The van der Waals surface area contributed by atoms with E-state index in [1.54, 1.807) is 6.92 Å². The van der Waals surface area contributed by atoms with Crippen molar-refractivity contribution in [2.24, 2.45) is 0 Å². The standard InChI is InChI=1S/C9H20N2O3/c1-4-14-9(12)10-5-7-13-8-6-11(2)3/h4-8H2,1-3H3,(H,10,12). The molecule has 1 N–H and O–H groups in total. The van der Waals surface area contributed by atoms with Gasteiger partial charge in [0.25, 0.3) is 0 Å². The van der Waals surface area contributed by atoms with Crippen molar-refractivity contribution >= 4 is 6.09 Å². The van der Waals surface area contributed by atoms with Gasteiger partial charge in [-0.1, -0.05) is 0 Å². The van der Waals surface area contributed by atoms with Gasteiger partial charge in [0.1, 0.15) is 0 Å². The fourth-order valence-electron chi connectivity index (χ4n) is 0.757. The number of carbonyl (C=O) groups is 1. The Morgan fingerprint density at radius 1 is 1.36 bits per heavy atom.